The molecule has 0 radical (unpaired) electrons. The molecule has 0 fully saturated rings. The molecule has 0 aliphatic rings. The highest BCUT2D eigenvalue weighted by molar-refractivity contribution is 7.18. The molecule has 0 atom stereocenters. The lowest BCUT2D eigenvalue weighted by molar-refractivity contribution is 0.307. The summed E-state index contributed by atoms with van der Waals surface area (Å²) in [7, 11) is 0. The molecule has 0 aliphatic heterocycles. The zero-order valence-electron chi connectivity index (χ0n) is 10.2. The number of thiophene rings is 1. The fourth-order valence-electron chi connectivity index (χ4n) is 1.57. The normalized spacial score (nSPS) is 10.9. The Balaban J connectivity index is 2.13. The molecule has 0 bridgehead atoms. The fraction of sp³-hybridized carbons (Fsp3) is 0.500. The van der Waals surface area contributed by atoms with Gasteiger partial charge in [-0.3, -0.25) is 0 Å². The third kappa shape index (κ3) is 2.92. The summed E-state index contributed by atoms with van der Waals surface area (Å²) in [6.45, 7) is 6.66. The number of fused-ring (bicyclic) bond motifs is 1. The predicted molar refractivity (Wildman–Crippen MR) is 70.8 cm³/mol. The average molecular weight is 251 g/mol. The van der Waals surface area contributed by atoms with Crippen molar-refractivity contribution in [2.45, 2.75) is 20.3 Å². The van der Waals surface area contributed by atoms with E-state index in [1.165, 1.54) is 4.88 Å². The molecule has 0 saturated heterocycles. The first-order valence-electron chi connectivity index (χ1n) is 5.92. The first-order valence-corrected chi connectivity index (χ1v) is 6.73. The van der Waals surface area contributed by atoms with Crippen molar-refractivity contribution in [2.24, 2.45) is 0 Å². The first-order chi connectivity index (χ1) is 8.35. The number of ether oxygens (including phenoxy) is 1. The molecule has 0 aromatic carbocycles. The van der Waals surface area contributed by atoms with Crippen molar-refractivity contribution in [1.29, 1.82) is 0 Å². The molecule has 0 unspecified atom stereocenters. The molecule has 17 heavy (non-hydrogen) atoms. The maximum Gasteiger partial charge on any atom is 0.225 e. The molecule has 2 rings (SSSR count). The van der Waals surface area contributed by atoms with Gasteiger partial charge in [0, 0.05) is 11.4 Å². The van der Waals surface area contributed by atoms with E-state index in [-0.39, 0.29) is 0 Å². The van der Waals surface area contributed by atoms with Gasteiger partial charge in [-0.25, -0.2) is 9.97 Å². The number of nitrogens with zero attached hydrogens (tertiary/aromatic N) is 2. The SMILES string of the molecule is CCNCCOc1ncnc2sc(CC)cc12. The van der Waals surface area contributed by atoms with Crippen LogP contribution in [-0.4, -0.2) is 29.7 Å². The van der Waals surface area contributed by atoms with Gasteiger partial charge in [-0.05, 0) is 19.0 Å². The number of aryl methyl sites for hydroxylation is 1. The minimum absolute atomic E-state index is 0.636. The second-order valence-corrected chi connectivity index (χ2v) is 4.78. The summed E-state index contributed by atoms with van der Waals surface area (Å²) in [5.74, 6) is 0.698. The summed E-state index contributed by atoms with van der Waals surface area (Å²) in [5.41, 5.74) is 0. The van der Waals surface area contributed by atoms with Crippen LogP contribution in [-0.2, 0) is 6.42 Å². The molecule has 5 heteroatoms. The zero-order valence-corrected chi connectivity index (χ0v) is 11.0. The molecule has 1 N–H and O–H groups in total. The summed E-state index contributed by atoms with van der Waals surface area (Å²) in [6.07, 6.45) is 2.60. The lowest BCUT2D eigenvalue weighted by Crippen LogP contribution is -2.20. The van der Waals surface area contributed by atoms with Crippen LogP contribution in [0.5, 0.6) is 5.88 Å². The second-order valence-electron chi connectivity index (χ2n) is 3.67. The van der Waals surface area contributed by atoms with E-state index in [2.05, 4.69) is 35.2 Å². The summed E-state index contributed by atoms with van der Waals surface area (Å²) in [5, 5.41) is 4.25. The molecule has 92 valence electrons. The largest absolute Gasteiger partial charge is 0.476 e. The van der Waals surface area contributed by atoms with Crippen molar-refractivity contribution in [3.05, 3.63) is 17.3 Å². The van der Waals surface area contributed by atoms with Crippen molar-refractivity contribution in [2.75, 3.05) is 19.7 Å². The van der Waals surface area contributed by atoms with Crippen molar-refractivity contribution in [3.63, 3.8) is 0 Å². The van der Waals surface area contributed by atoms with Crippen molar-refractivity contribution < 1.29 is 4.74 Å². The van der Waals surface area contributed by atoms with Gasteiger partial charge in [0.15, 0.2) is 0 Å². The van der Waals surface area contributed by atoms with Crippen LogP contribution in [0, 0.1) is 0 Å². The van der Waals surface area contributed by atoms with E-state index in [1.54, 1.807) is 17.7 Å². The highest BCUT2D eigenvalue weighted by Crippen LogP contribution is 2.29. The number of hydrogen-bond acceptors (Lipinski definition) is 5. The highest BCUT2D eigenvalue weighted by Gasteiger charge is 2.08. The Labute approximate surface area is 105 Å². The zero-order chi connectivity index (χ0) is 12.1. The van der Waals surface area contributed by atoms with E-state index in [4.69, 9.17) is 4.74 Å². The Morgan fingerprint density at radius 1 is 1.35 bits per heavy atom. The Morgan fingerprint density at radius 2 is 2.24 bits per heavy atom. The third-order valence-corrected chi connectivity index (χ3v) is 3.65. The van der Waals surface area contributed by atoms with Crippen LogP contribution >= 0.6 is 11.3 Å². The van der Waals surface area contributed by atoms with Crippen molar-refractivity contribution in [3.8, 4) is 5.88 Å². The molecular formula is C12H17N3OS. The van der Waals surface area contributed by atoms with E-state index in [9.17, 15) is 0 Å². The lowest BCUT2D eigenvalue weighted by atomic mass is 10.3. The lowest BCUT2D eigenvalue weighted by Gasteiger charge is -2.05. The maximum absolute atomic E-state index is 5.67. The number of rotatable bonds is 6. The molecule has 0 amide bonds. The summed E-state index contributed by atoms with van der Waals surface area (Å²) >= 11 is 1.71. The van der Waals surface area contributed by atoms with E-state index in [1.807, 2.05) is 0 Å². The van der Waals surface area contributed by atoms with E-state index >= 15 is 0 Å². The van der Waals surface area contributed by atoms with Gasteiger partial charge in [-0.1, -0.05) is 13.8 Å². The van der Waals surface area contributed by atoms with Gasteiger partial charge < -0.3 is 10.1 Å². The Hall–Kier alpha value is -1.20. The van der Waals surface area contributed by atoms with Gasteiger partial charge in [0.1, 0.15) is 17.8 Å². The molecule has 2 aromatic heterocycles. The highest BCUT2D eigenvalue weighted by atomic mass is 32.1. The number of hydrogen-bond donors (Lipinski definition) is 1. The van der Waals surface area contributed by atoms with Crippen LogP contribution in [0.1, 0.15) is 18.7 Å². The minimum atomic E-state index is 0.636. The van der Waals surface area contributed by atoms with Crippen LogP contribution < -0.4 is 10.1 Å². The third-order valence-electron chi connectivity index (χ3n) is 2.46. The molecular weight excluding hydrogens is 234 g/mol. The summed E-state index contributed by atoms with van der Waals surface area (Å²) < 4.78 is 5.67. The van der Waals surface area contributed by atoms with Gasteiger partial charge in [0.2, 0.25) is 5.88 Å². The smallest absolute Gasteiger partial charge is 0.225 e. The molecule has 0 saturated carbocycles. The van der Waals surface area contributed by atoms with Crippen LogP contribution in [0.25, 0.3) is 10.2 Å². The topological polar surface area (TPSA) is 47.0 Å². The predicted octanol–water partition coefficient (Wildman–Crippen LogP) is 2.24. The molecule has 0 spiro atoms. The van der Waals surface area contributed by atoms with E-state index in [0.29, 0.717) is 12.5 Å². The van der Waals surface area contributed by atoms with Gasteiger partial charge in [-0.2, -0.15) is 0 Å². The van der Waals surface area contributed by atoms with E-state index < -0.39 is 0 Å². The van der Waals surface area contributed by atoms with Crippen LogP contribution in [0.4, 0.5) is 0 Å². The Bertz CT molecular complexity index is 484. The monoisotopic (exact) mass is 251 g/mol. The molecule has 2 aromatic rings. The average Bonchev–Trinajstić information content (AvgIpc) is 2.78. The van der Waals surface area contributed by atoms with Crippen molar-refractivity contribution >= 4 is 21.6 Å². The van der Waals surface area contributed by atoms with Gasteiger partial charge in [0.05, 0.1) is 5.39 Å². The summed E-state index contributed by atoms with van der Waals surface area (Å²) in [6, 6.07) is 2.13. The molecule has 2 heterocycles. The number of likely N-dealkylation sites (N-methyl/N-ethyl adjacent to an activating group) is 1. The van der Waals surface area contributed by atoms with Crippen LogP contribution in [0.3, 0.4) is 0 Å². The number of nitrogens with one attached hydrogen (secondary N) is 1. The Kier molecular flexibility index (Phi) is 4.28. The quantitative estimate of drug-likeness (QED) is 0.800. The minimum Gasteiger partial charge on any atom is -0.476 e. The second kappa shape index (κ2) is 5.93. The first kappa shape index (κ1) is 12.3. The number of aromatic nitrogens is 2. The van der Waals surface area contributed by atoms with E-state index in [0.717, 1.165) is 29.7 Å². The molecule has 4 nitrogen and oxygen atoms in total. The summed E-state index contributed by atoms with van der Waals surface area (Å²) in [4.78, 5) is 10.8. The van der Waals surface area contributed by atoms with Gasteiger partial charge >= 0.3 is 0 Å². The van der Waals surface area contributed by atoms with Crippen molar-refractivity contribution in [1.82, 2.24) is 15.3 Å². The van der Waals surface area contributed by atoms with Crippen LogP contribution in [0.2, 0.25) is 0 Å². The fourth-order valence-corrected chi connectivity index (χ4v) is 2.50. The van der Waals surface area contributed by atoms with Crippen LogP contribution in [0.15, 0.2) is 12.4 Å². The Morgan fingerprint density at radius 3 is 3.00 bits per heavy atom. The maximum atomic E-state index is 5.67. The van der Waals surface area contributed by atoms with Gasteiger partial charge in [0.25, 0.3) is 0 Å². The van der Waals surface area contributed by atoms with Gasteiger partial charge in [-0.15, -0.1) is 11.3 Å². The molecule has 0 aliphatic carbocycles. The standard InChI is InChI=1S/C12H17N3OS/c1-3-9-7-10-11(16-6-5-13-4-2)14-8-15-12(10)17-9/h7-8,13H,3-6H2,1-2H3.